The Hall–Kier alpha value is -3.48. The summed E-state index contributed by atoms with van der Waals surface area (Å²) in [5.74, 6) is 0. The maximum absolute atomic E-state index is 12.4. The predicted octanol–water partition coefficient (Wildman–Crippen LogP) is 8.61. The number of aromatic nitrogens is 6. The van der Waals surface area contributed by atoms with Gasteiger partial charge in [-0.1, -0.05) is 62.3 Å². The highest BCUT2D eigenvalue weighted by atomic mass is 32.5. The Morgan fingerprint density at radius 1 is 0.500 bits per heavy atom. The summed E-state index contributed by atoms with van der Waals surface area (Å²) in [6, 6.07) is 0. The van der Waals surface area contributed by atoms with Crippen LogP contribution in [-0.2, 0) is 53.4 Å². The lowest BCUT2D eigenvalue weighted by atomic mass is 9.87. The van der Waals surface area contributed by atoms with Gasteiger partial charge in [0.25, 0.3) is 16.7 Å². The van der Waals surface area contributed by atoms with Crippen LogP contribution in [0, 0.1) is 37.0 Å². The Bertz CT molecular complexity index is 2900. The van der Waals surface area contributed by atoms with Crippen LogP contribution in [0.15, 0.2) is 47.4 Å². The lowest BCUT2D eigenvalue weighted by Crippen LogP contribution is -2.35. The van der Waals surface area contributed by atoms with E-state index in [1.807, 2.05) is 41.5 Å². The number of rotatable bonds is 13. The maximum Gasteiger partial charge on any atom is 0.473 e. The Morgan fingerprint density at radius 3 is 1.07 bits per heavy atom. The molecule has 3 fully saturated rings. The van der Waals surface area contributed by atoms with E-state index >= 15 is 0 Å². The molecule has 2 unspecified atom stereocenters. The number of phosphoric acid groups is 1. The van der Waals surface area contributed by atoms with Crippen LogP contribution in [0.1, 0.15) is 199 Å². The third kappa shape index (κ3) is 22.3. The summed E-state index contributed by atoms with van der Waals surface area (Å²) >= 11 is 5.19. The van der Waals surface area contributed by atoms with Gasteiger partial charge in [0.2, 0.25) is 0 Å². The van der Waals surface area contributed by atoms with Crippen molar-refractivity contribution < 1.29 is 51.4 Å². The second kappa shape index (κ2) is 25.8. The number of phosphoric ester groups is 1. The smallest absolute Gasteiger partial charge is 0.370 e. The zero-order chi connectivity index (χ0) is 61.3. The van der Waals surface area contributed by atoms with E-state index in [4.69, 9.17) is 48.8 Å². The molecule has 0 radical (unpaired) electrons. The minimum absolute atomic E-state index is 0.0735. The van der Waals surface area contributed by atoms with E-state index in [1.165, 1.54) is 26.1 Å². The van der Waals surface area contributed by atoms with Gasteiger partial charge >= 0.3 is 31.6 Å². The first-order chi connectivity index (χ1) is 36.0. The van der Waals surface area contributed by atoms with Crippen LogP contribution in [0.2, 0.25) is 0 Å². The number of ether oxygens (including phenoxy) is 4. The van der Waals surface area contributed by atoms with Crippen LogP contribution >= 0.6 is 14.5 Å². The number of nitrogens with one attached hydrogen (secondary N) is 3. The zero-order valence-corrected chi connectivity index (χ0v) is 53.4. The first kappa shape index (κ1) is 69.0. The van der Waals surface area contributed by atoms with E-state index in [1.54, 1.807) is 68.5 Å². The standard InChI is InChI=1S/C18H31N2O7P.C18H31N2O6PS.C18H30N2O4/c1-11-10-20(16(22)19-15(11)21)14-8-12(13(25-14)9-17(2,3)4)26-28(23,24)27-18(5,6)7;1-11-10-20(16(22)19-15(11)21)14-8-12(13(24-14)9-17(2,3)4)25-27(23,28)26-18(5,6)7;1-11-10-20(16(22)19-15(11)21)14-8-12(24-18(5,6)7)13(23-14)9-17(2,3)4/h10,12-14H,8-9H2,1-7H3,(H,23,24)(H,19,21,22);10,12-14H,8-9H2,1-7H3,(H,23,28)(H,19,21,22);10,12-14H,8-9H2,1-7H3,(H,19,21,22)/t12-,13-,14-;12-,13-,14-,27?;12-,13-,14-/m111/s1. The Morgan fingerprint density at radius 2 is 0.787 bits per heavy atom. The number of hydrogen-bond acceptors (Lipinski definition) is 16. The molecule has 3 aliphatic rings. The molecule has 5 N–H and O–H groups in total. The molecule has 0 aromatic carbocycles. The van der Waals surface area contributed by atoms with Crippen molar-refractivity contribution in [1.82, 2.24) is 28.7 Å². The quantitative estimate of drug-likeness (QED) is 0.100. The topological polar surface area (TPSA) is 296 Å². The van der Waals surface area contributed by atoms with E-state index in [-0.39, 0.29) is 52.1 Å². The second-order valence-electron chi connectivity index (χ2n) is 27.7. The summed E-state index contributed by atoms with van der Waals surface area (Å²) in [6.07, 6.45) is 3.38. The molecule has 80 heavy (non-hydrogen) atoms. The van der Waals surface area contributed by atoms with Crippen molar-refractivity contribution in [3.8, 4) is 0 Å². The highest BCUT2D eigenvalue weighted by Gasteiger charge is 2.46. The number of hydrogen-bond donors (Lipinski definition) is 5. The van der Waals surface area contributed by atoms with Crippen molar-refractivity contribution in [3.05, 3.63) is 97.8 Å². The summed E-state index contributed by atoms with van der Waals surface area (Å²) in [7, 11) is -4.34. The van der Waals surface area contributed by atoms with E-state index in [0.29, 0.717) is 42.4 Å². The summed E-state index contributed by atoms with van der Waals surface area (Å²) in [6.45, 7) is 36.5. The predicted molar refractivity (Wildman–Crippen MR) is 308 cm³/mol. The van der Waals surface area contributed by atoms with Crippen molar-refractivity contribution in [1.29, 1.82) is 0 Å². The van der Waals surface area contributed by atoms with Gasteiger partial charge in [-0.05, 0) is 130 Å². The molecule has 23 nitrogen and oxygen atoms in total. The molecule has 6 rings (SSSR count). The van der Waals surface area contributed by atoms with Gasteiger partial charge in [-0.15, -0.1) is 0 Å². The average Bonchev–Trinajstić information content (AvgIpc) is 3.90. The van der Waals surface area contributed by atoms with Crippen LogP contribution < -0.4 is 33.7 Å². The summed E-state index contributed by atoms with van der Waals surface area (Å²) in [5.41, 5.74) is -3.52. The van der Waals surface area contributed by atoms with E-state index < -0.39 is 90.9 Å². The van der Waals surface area contributed by atoms with E-state index in [2.05, 4.69) is 56.5 Å². The SMILES string of the molecule is Cc1cn([C@H]2C[C@@H](OC(C)(C)C)[C@@H](CC(C)(C)C)O2)c(=O)[nH]c1=O.Cc1cn([C@H]2C[C@@H](OP(=O)(O)OC(C)(C)C)[C@@H](CC(C)(C)C)O2)c(=O)[nH]c1=O.Cc1cn([C@H]2C[C@@H](OP(O)(=S)OC(C)(C)C)[C@@H](CC(C)(C)C)O2)c(=O)[nH]c1=O. The number of H-pyrrole nitrogens is 3. The lowest BCUT2D eigenvalue weighted by molar-refractivity contribution is -0.102. The van der Waals surface area contributed by atoms with Gasteiger partial charge in [0, 0.05) is 54.5 Å². The fourth-order valence-electron chi connectivity index (χ4n) is 9.25. The average molecular weight is 1190 g/mol. The summed E-state index contributed by atoms with van der Waals surface area (Å²) in [5, 5.41) is 0. The zero-order valence-electron chi connectivity index (χ0n) is 50.8. The molecule has 0 aliphatic carbocycles. The minimum Gasteiger partial charge on any atom is -0.370 e. The second-order valence-corrected chi connectivity index (χ2v) is 31.8. The third-order valence-corrected chi connectivity index (χ3v) is 15.3. The molecule has 0 spiro atoms. The normalized spacial score (nSPS) is 25.5. The van der Waals surface area contributed by atoms with Gasteiger partial charge in [-0.2, -0.15) is 0 Å². The van der Waals surface area contributed by atoms with Crippen LogP contribution in [0.4, 0.5) is 0 Å². The van der Waals surface area contributed by atoms with Crippen LogP contribution in [-0.4, -0.2) is 91.9 Å². The van der Waals surface area contributed by atoms with Crippen LogP contribution in [0.25, 0.3) is 0 Å². The molecule has 6 heterocycles. The first-order valence-corrected chi connectivity index (χ1v) is 31.1. The largest absolute Gasteiger partial charge is 0.473 e. The van der Waals surface area contributed by atoms with Crippen molar-refractivity contribution >= 4 is 26.3 Å². The van der Waals surface area contributed by atoms with Gasteiger partial charge in [0.05, 0.1) is 53.4 Å². The Kier molecular flexibility index (Phi) is 22.2. The highest BCUT2D eigenvalue weighted by Crippen LogP contribution is 2.53. The number of aryl methyl sites for hydroxylation is 3. The molecule has 0 bridgehead atoms. The molecule has 26 heteroatoms. The fourth-order valence-corrected chi connectivity index (χ4v) is 12.9. The van der Waals surface area contributed by atoms with E-state index in [9.17, 15) is 43.1 Å². The molecule has 3 aromatic heterocycles. The maximum atomic E-state index is 12.4. The molecule has 0 amide bonds. The van der Waals surface area contributed by atoms with Crippen molar-refractivity contribution in [2.24, 2.45) is 16.2 Å². The summed E-state index contributed by atoms with van der Waals surface area (Å²) in [4.78, 5) is 99.0. The molecule has 3 aromatic rings. The molecule has 11 atom stereocenters. The van der Waals surface area contributed by atoms with Gasteiger partial charge in [0.15, 0.2) is 0 Å². The van der Waals surface area contributed by atoms with E-state index in [0.717, 1.165) is 6.42 Å². The van der Waals surface area contributed by atoms with Crippen LogP contribution in [0.5, 0.6) is 0 Å². The number of nitrogens with zero attached hydrogens (tertiary/aromatic N) is 3. The Labute approximate surface area is 474 Å². The summed E-state index contributed by atoms with van der Waals surface area (Å²) < 4.78 is 63.0. The monoisotopic (exact) mass is 1190 g/mol. The lowest BCUT2D eigenvalue weighted by Gasteiger charge is -2.31. The minimum atomic E-state index is -4.34. The van der Waals surface area contributed by atoms with Crippen molar-refractivity contribution in [2.75, 3.05) is 0 Å². The molecule has 0 saturated carbocycles. The Balaban J connectivity index is 0.000000259. The third-order valence-electron chi connectivity index (χ3n) is 12.2. The van der Waals surface area contributed by atoms with Crippen molar-refractivity contribution in [2.45, 2.75) is 256 Å². The highest BCUT2D eigenvalue weighted by molar-refractivity contribution is 8.07. The molecule has 3 aliphatic heterocycles. The van der Waals surface area contributed by atoms with Crippen LogP contribution in [0.3, 0.4) is 0 Å². The molecular formula is C54H92N6O17P2S. The van der Waals surface area contributed by atoms with Crippen molar-refractivity contribution in [3.63, 3.8) is 0 Å². The van der Waals surface area contributed by atoms with Gasteiger partial charge in [-0.25, -0.2) is 18.9 Å². The van der Waals surface area contributed by atoms with Gasteiger partial charge in [-0.3, -0.25) is 52.1 Å². The van der Waals surface area contributed by atoms with Gasteiger partial charge in [0.1, 0.15) is 18.7 Å². The van der Waals surface area contributed by atoms with Gasteiger partial charge < -0.3 is 37.8 Å². The fraction of sp³-hybridized carbons (Fsp3) is 0.778. The first-order valence-electron chi connectivity index (χ1n) is 27.0. The molecule has 3 saturated heterocycles. The molecule has 456 valence electrons. The molecular weight excluding hydrogens is 1100 g/mol. The number of aromatic amines is 3.